The van der Waals surface area contributed by atoms with Gasteiger partial charge in [0.05, 0.1) is 16.7 Å². The van der Waals surface area contributed by atoms with Gasteiger partial charge in [-0.1, -0.05) is 25.3 Å². The van der Waals surface area contributed by atoms with Gasteiger partial charge in [-0.2, -0.15) is 26.3 Å². The maximum atomic E-state index is 13.8. The number of halogens is 6. The van der Waals surface area contributed by atoms with Crippen molar-refractivity contribution in [1.82, 2.24) is 14.9 Å². The summed E-state index contributed by atoms with van der Waals surface area (Å²) in [6, 6.07) is 1.09. The van der Waals surface area contributed by atoms with Gasteiger partial charge in [-0.05, 0) is 37.0 Å². The van der Waals surface area contributed by atoms with Gasteiger partial charge in [0, 0.05) is 0 Å². The Balaban J connectivity index is 2.21. The minimum atomic E-state index is -5.19. The molecule has 1 aromatic heterocycles. The first-order chi connectivity index (χ1) is 17.1. The third-order valence-electron chi connectivity index (χ3n) is 6.23. The van der Waals surface area contributed by atoms with Crippen molar-refractivity contribution in [2.75, 3.05) is 6.54 Å². The van der Waals surface area contributed by atoms with E-state index in [0.717, 1.165) is 0 Å². The number of benzene rings is 1. The number of carboxylic acids is 1. The first-order valence-corrected chi connectivity index (χ1v) is 10.9. The zero-order valence-electron chi connectivity index (χ0n) is 18.9. The van der Waals surface area contributed by atoms with E-state index >= 15 is 0 Å². The van der Waals surface area contributed by atoms with Crippen LogP contribution in [0.3, 0.4) is 0 Å². The van der Waals surface area contributed by atoms with Crippen LogP contribution in [0.5, 0.6) is 5.88 Å². The largest absolute Gasteiger partial charge is 0.494 e. The van der Waals surface area contributed by atoms with E-state index in [0.29, 0.717) is 36.0 Å². The molecule has 1 aliphatic carbocycles. The van der Waals surface area contributed by atoms with Crippen molar-refractivity contribution in [3.63, 3.8) is 0 Å². The fraction of sp³-hybridized carbons (Fsp3) is 0.455. The minimum Gasteiger partial charge on any atom is -0.494 e. The number of carbonyl (C=O) groups is 2. The van der Waals surface area contributed by atoms with Gasteiger partial charge in [-0.25, -0.2) is 4.79 Å². The molecule has 0 radical (unpaired) electrons. The molecular weight excluding hydrogens is 516 g/mol. The highest BCUT2D eigenvalue weighted by atomic mass is 19.4. The van der Waals surface area contributed by atoms with Gasteiger partial charge in [0.25, 0.3) is 11.5 Å². The molecule has 2 aromatic rings. The first-order valence-electron chi connectivity index (χ1n) is 10.9. The van der Waals surface area contributed by atoms with E-state index in [1.807, 2.05) is 10.3 Å². The molecule has 0 spiro atoms. The van der Waals surface area contributed by atoms with Crippen molar-refractivity contribution in [3.05, 3.63) is 61.3 Å². The Bertz CT molecular complexity index is 1320. The molecule has 0 unspecified atom stereocenters. The standard InChI is InChI=1S/C22H21F6N3O6/c23-21(24,25)12-5-4-11(13(8-12)22(26,27)28)9-20(6-2-1-3-7-20)31-18(36)15(17(35)30-19(31)37)16(34)29-10-14(32)33/h4-5,8,36H,1-3,6-7,9-10H2,(H,29,34)(H,32,33)(H,30,35,37). The quantitative estimate of drug-likeness (QED) is 0.418. The number of amides is 1. The van der Waals surface area contributed by atoms with Crippen LogP contribution in [0, 0.1) is 0 Å². The summed E-state index contributed by atoms with van der Waals surface area (Å²) in [6.45, 7) is -0.942. The van der Waals surface area contributed by atoms with Gasteiger partial charge in [0.2, 0.25) is 5.88 Å². The molecule has 0 aliphatic heterocycles. The Morgan fingerprint density at radius 2 is 1.65 bits per heavy atom. The fourth-order valence-electron chi connectivity index (χ4n) is 4.63. The molecule has 1 heterocycles. The van der Waals surface area contributed by atoms with Crippen LogP contribution in [0.25, 0.3) is 0 Å². The van der Waals surface area contributed by atoms with E-state index < -0.39 is 82.1 Å². The lowest BCUT2D eigenvalue weighted by Gasteiger charge is -2.40. The van der Waals surface area contributed by atoms with Crippen molar-refractivity contribution in [2.45, 2.75) is 56.4 Å². The van der Waals surface area contributed by atoms with Crippen LogP contribution in [0.1, 0.15) is 59.2 Å². The summed E-state index contributed by atoms with van der Waals surface area (Å²) >= 11 is 0. The third kappa shape index (κ3) is 5.80. The SMILES string of the molecule is O=C(O)CNC(=O)c1c(O)n(C2(Cc3ccc(C(F)(F)F)cc3C(F)(F)F)CCCCC2)c(=O)[nH]c1=O. The number of hydrogen-bond donors (Lipinski definition) is 4. The van der Waals surface area contributed by atoms with Gasteiger partial charge >= 0.3 is 24.0 Å². The van der Waals surface area contributed by atoms with E-state index in [1.54, 1.807) is 0 Å². The Hall–Kier alpha value is -3.78. The van der Waals surface area contributed by atoms with E-state index in [2.05, 4.69) is 0 Å². The smallest absolute Gasteiger partial charge is 0.416 e. The zero-order valence-corrected chi connectivity index (χ0v) is 18.9. The predicted molar refractivity (Wildman–Crippen MR) is 114 cm³/mol. The maximum Gasteiger partial charge on any atom is 0.416 e. The van der Waals surface area contributed by atoms with Crippen LogP contribution >= 0.6 is 0 Å². The number of carboxylic acid groups (broad SMARTS) is 1. The number of nitrogens with zero attached hydrogens (tertiary/aromatic N) is 1. The molecular formula is C22H21F6N3O6. The molecule has 37 heavy (non-hydrogen) atoms. The number of aromatic nitrogens is 2. The number of aromatic hydroxyl groups is 1. The van der Waals surface area contributed by atoms with Gasteiger partial charge in [0.15, 0.2) is 5.56 Å². The second-order valence-corrected chi connectivity index (χ2v) is 8.70. The van der Waals surface area contributed by atoms with Gasteiger partial charge in [-0.3, -0.25) is 23.9 Å². The Kier molecular flexibility index (Phi) is 7.47. The lowest BCUT2D eigenvalue weighted by Crippen LogP contribution is -2.49. The number of aliphatic carboxylic acids is 1. The van der Waals surface area contributed by atoms with Gasteiger partial charge in [-0.15, -0.1) is 0 Å². The molecule has 0 bridgehead atoms. The second-order valence-electron chi connectivity index (χ2n) is 8.70. The van der Waals surface area contributed by atoms with E-state index in [1.165, 1.54) is 0 Å². The Morgan fingerprint density at radius 1 is 1.03 bits per heavy atom. The fourth-order valence-corrected chi connectivity index (χ4v) is 4.63. The van der Waals surface area contributed by atoms with Crippen LogP contribution in [-0.4, -0.2) is 38.2 Å². The molecule has 15 heteroatoms. The number of carbonyl (C=O) groups excluding carboxylic acids is 1. The second kappa shape index (κ2) is 9.94. The van der Waals surface area contributed by atoms with Gasteiger partial charge in [0.1, 0.15) is 6.54 Å². The Labute approximate surface area is 203 Å². The molecule has 3 rings (SSSR count). The summed E-state index contributed by atoms with van der Waals surface area (Å²) in [4.78, 5) is 50.0. The number of H-pyrrole nitrogens is 1. The molecule has 9 nitrogen and oxygen atoms in total. The third-order valence-corrected chi connectivity index (χ3v) is 6.23. The summed E-state index contributed by atoms with van der Waals surface area (Å²) in [5.74, 6) is -4.03. The molecule has 1 aliphatic rings. The minimum absolute atomic E-state index is 0.0129. The number of nitrogens with one attached hydrogen (secondary N) is 2. The van der Waals surface area contributed by atoms with Crippen molar-refractivity contribution in [1.29, 1.82) is 0 Å². The van der Waals surface area contributed by atoms with Crippen LogP contribution < -0.4 is 16.6 Å². The van der Waals surface area contributed by atoms with Crippen molar-refractivity contribution < 1.29 is 46.1 Å². The van der Waals surface area contributed by atoms with E-state index in [4.69, 9.17) is 5.11 Å². The highest BCUT2D eigenvalue weighted by molar-refractivity contribution is 5.97. The molecule has 1 fully saturated rings. The highest BCUT2D eigenvalue weighted by Gasteiger charge is 2.43. The molecule has 0 atom stereocenters. The number of alkyl halides is 6. The zero-order chi connectivity index (χ0) is 27.8. The topological polar surface area (TPSA) is 141 Å². The number of aromatic amines is 1. The van der Waals surface area contributed by atoms with Crippen molar-refractivity contribution in [2.24, 2.45) is 0 Å². The summed E-state index contributed by atoms with van der Waals surface area (Å²) < 4.78 is 81.3. The summed E-state index contributed by atoms with van der Waals surface area (Å²) in [5, 5.41) is 21.4. The average molecular weight is 537 g/mol. The predicted octanol–water partition coefficient (Wildman–Crippen LogP) is 3.00. The van der Waals surface area contributed by atoms with Crippen LogP contribution in [0.15, 0.2) is 27.8 Å². The lowest BCUT2D eigenvalue weighted by atomic mass is 9.76. The highest BCUT2D eigenvalue weighted by Crippen LogP contribution is 2.43. The van der Waals surface area contributed by atoms with Crippen LogP contribution in [0.4, 0.5) is 26.3 Å². The van der Waals surface area contributed by atoms with E-state index in [-0.39, 0.29) is 18.9 Å². The van der Waals surface area contributed by atoms with Gasteiger partial charge < -0.3 is 15.5 Å². The molecule has 0 saturated heterocycles. The Morgan fingerprint density at radius 3 is 2.19 bits per heavy atom. The van der Waals surface area contributed by atoms with Crippen molar-refractivity contribution in [3.8, 4) is 5.88 Å². The molecule has 1 saturated carbocycles. The number of hydrogen-bond acceptors (Lipinski definition) is 5. The van der Waals surface area contributed by atoms with Crippen LogP contribution in [-0.2, 0) is 29.1 Å². The maximum absolute atomic E-state index is 13.8. The normalized spacial score (nSPS) is 15.8. The summed E-state index contributed by atoms with van der Waals surface area (Å²) in [5.41, 5.74) is -8.99. The molecule has 202 valence electrons. The molecule has 1 aromatic carbocycles. The summed E-state index contributed by atoms with van der Waals surface area (Å²) in [6.07, 6.45) is -9.61. The van der Waals surface area contributed by atoms with Crippen LogP contribution in [0.2, 0.25) is 0 Å². The monoisotopic (exact) mass is 537 g/mol. The van der Waals surface area contributed by atoms with E-state index in [9.17, 15) is 50.6 Å². The summed E-state index contributed by atoms with van der Waals surface area (Å²) in [7, 11) is 0. The number of rotatable bonds is 6. The molecule has 1 amide bonds. The molecule has 4 N–H and O–H groups in total. The lowest BCUT2D eigenvalue weighted by molar-refractivity contribution is -0.143. The first kappa shape index (κ1) is 27.8. The van der Waals surface area contributed by atoms with Crippen molar-refractivity contribution >= 4 is 11.9 Å². The average Bonchev–Trinajstić information content (AvgIpc) is 2.76.